The van der Waals surface area contributed by atoms with Gasteiger partial charge in [-0.25, -0.2) is 0 Å². The van der Waals surface area contributed by atoms with E-state index in [4.69, 9.17) is 0 Å². The van der Waals surface area contributed by atoms with Crippen LogP contribution in [0.5, 0.6) is 0 Å². The maximum atomic E-state index is 13.5. The van der Waals surface area contributed by atoms with Gasteiger partial charge in [0.05, 0.1) is 6.10 Å². The lowest BCUT2D eigenvalue weighted by molar-refractivity contribution is -0.282. The molecule has 0 heterocycles. The average molecular weight is 473 g/mol. The first-order valence-corrected chi connectivity index (χ1v) is 13.8. The smallest absolute Gasteiger partial charge is 0.393 e. The van der Waals surface area contributed by atoms with E-state index in [1.807, 2.05) is 0 Å². The van der Waals surface area contributed by atoms with E-state index in [1.165, 1.54) is 32.1 Å². The predicted molar refractivity (Wildman–Crippen MR) is 125 cm³/mol. The van der Waals surface area contributed by atoms with Crippen molar-refractivity contribution in [2.24, 2.45) is 52.8 Å². The van der Waals surface area contributed by atoms with Crippen molar-refractivity contribution < 1.29 is 23.4 Å². The van der Waals surface area contributed by atoms with Crippen LogP contribution in [0.4, 0.5) is 13.2 Å². The fraction of sp³-hybridized carbons (Fsp3) is 1.00. The van der Waals surface area contributed by atoms with Gasteiger partial charge in [-0.1, -0.05) is 40.5 Å². The molecule has 0 spiro atoms. The van der Waals surface area contributed by atoms with E-state index in [-0.39, 0.29) is 24.9 Å². The summed E-state index contributed by atoms with van der Waals surface area (Å²) in [6.45, 7) is 9.11. The lowest BCUT2D eigenvalue weighted by Gasteiger charge is -2.57. The zero-order valence-electron chi connectivity index (χ0n) is 21.2. The molecule has 4 fully saturated rings. The minimum atomic E-state index is -4.50. The Morgan fingerprint density at radius 1 is 0.879 bits per heavy atom. The summed E-state index contributed by atoms with van der Waals surface area (Å²) < 4.78 is 40.4. The van der Waals surface area contributed by atoms with Crippen molar-refractivity contribution in [1.29, 1.82) is 0 Å². The number of rotatable bonds is 6. The Morgan fingerprint density at radius 3 is 2.24 bits per heavy atom. The van der Waals surface area contributed by atoms with E-state index in [0.717, 1.165) is 31.6 Å². The molecule has 0 unspecified atom stereocenters. The fourth-order valence-electron chi connectivity index (χ4n) is 9.29. The highest BCUT2D eigenvalue weighted by atomic mass is 19.4. The lowest BCUT2D eigenvalue weighted by atomic mass is 9.48. The molecule has 4 rings (SSSR count). The van der Waals surface area contributed by atoms with Crippen LogP contribution in [-0.4, -0.2) is 28.1 Å². The molecule has 0 aromatic carbocycles. The summed E-state index contributed by atoms with van der Waals surface area (Å²) in [6.07, 6.45) is 5.72. The molecule has 4 aliphatic carbocycles. The van der Waals surface area contributed by atoms with Crippen LogP contribution in [0.25, 0.3) is 0 Å². The Hall–Kier alpha value is -0.290. The molecule has 0 radical (unpaired) electrons. The SMILES string of the molecule is CC(C)[C@H](O)CCC[C@@H](C)[C@H]1CC[C@H]2[C@@H]3CC[C@H]4C[C@](O)(C(F)(F)F)CC[C@@H]4[C@H]3CC[C@]12C. The molecular weight excluding hydrogens is 425 g/mol. The molecule has 4 aliphatic rings. The molecule has 5 heteroatoms. The molecule has 0 aromatic heterocycles. The third-order valence-corrected chi connectivity index (χ3v) is 11.2. The number of hydrogen-bond acceptors (Lipinski definition) is 2. The van der Waals surface area contributed by atoms with Crippen molar-refractivity contribution >= 4 is 0 Å². The van der Waals surface area contributed by atoms with Gasteiger partial charge in [-0.3, -0.25) is 0 Å². The van der Waals surface area contributed by atoms with Gasteiger partial charge in [0, 0.05) is 0 Å². The molecule has 0 aliphatic heterocycles. The number of aliphatic hydroxyl groups excluding tert-OH is 1. The van der Waals surface area contributed by atoms with Crippen LogP contribution in [0.15, 0.2) is 0 Å². The number of aliphatic hydroxyl groups is 2. The molecular formula is C28H47F3O2. The van der Waals surface area contributed by atoms with Crippen LogP contribution in [0.2, 0.25) is 0 Å². The van der Waals surface area contributed by atoms with Crippen molar-refractivity contribution in [3.63, 3.8) is 0 Å². The van der Waals surface area contributed by atoms with Crippen LogP contribution >= 0.6 is 0 Å². The molecule has 0 saturated heterocycles. The highest BCUT2D eigenvalue weighted by Crippen LogP contribution is 2.66. The third-order valence-electron chi connectivity index (χ3n) is 11.2. The molecule has 2 nitrogen and oxygen atoms in total. The summed E-state index contributed by atoms with van der Waals surface area (Å²) in [6, 6.07) is 0. The van der Waals surface area contributed by atoms with Gasteiger partial charge in [-0.05, 0) is 117 Å². The largest absolute Gasteiger partial charge is 0.417 e. The number of halogens is 3. The van der Waals surface area contributed by atoms with Crippen molar-refractivity contribution in [1.82, 2.24) is 0 Å². The van der Waals surface area contributed by atoms with Gasteiger partial charge >= 0.3 is 6.18 Å². The summed E-state index contributed by atoms with van der Waals surface area (Å²) >= 11 is 0. The van der Waals surface area contributed by atoms with Gasteiger partial charge in [0.25, 0.3) is 0 Å². The van der Waals surface area contributed by atoms with E-state index < -0.39 is 11.8 Å². The molecule has 0 aromatic rings. The maximum absolute atomic E-state index is 13.5. The molecule has 4 saturated carbocycles. The van der Waals surface area contributed by atoms with Crippen molar-refractivity contribution in [3.05, 3.63) is 0 Å². The van der Waals surface area contributed by atoms with Crippen LogP contribution in [0.3, 0.4) is 0 Å². The molecule has 10 atom stereocenters. The Bertz CT molecular complexity index is 679. The number of fused-ring (bicyclic) bond motifs is 5. The molecule has 2 N–H and O–H groups in total. The number of hydrogen-bond donors (Lipinski definition) is 2. The first-order chi connectivity index (χ1) is 15.4. The standard InChI is InChI=1S/C28H47F3O2/c1-17(2)25(32)7-5-6-18(3)23-10-11-24-22-9-8-19-16-27(33,28(29,30)31)15-13-20(19)21(22)12-14-26(23,24)4/h17-25,32-33H,5-16H2,1-4H3/t18-,19+,20+,21-,22-,23-,24+,25-,26-,27+/m1/s1. The highest BCUT2D eigenvalue weighted by molar-refractivity contribution is 5.08. The Labute approximate surface area is 199 Å². The Morgan fingerprint density at radius 2 is 1.58 bits per heavy atom. The van der Waals surface area contributed by atoms with Crippen LogP contribution in [-0.2, 0) is 0 Å². The second kappa shape index (κ2) is 9.30. The predicted octanol–water partition coefficient (Wildman–Crippen LogP) is 7.37. The summed E-state index contributed by atoms with van der Waals surface area (Å²) in [5, 5.41) is 20.5. The molecule has 33 heavy (non-hydrogen) atoms. The van der Waals surface area contributed by atoms with Gasteiger partial charge in [0.2, 0.25) is 0 Å². The third kappa shape index (κ3) is 4.63. The first-order valence-electron chi connectivity index (χ1n) is 13.8. The molecule has 0 amide bonds. The van der Waals surface area contributed by atoms with Crippen LogP contribution in [0.1, 0.15) is 105 Å². The van der Waals surface area contributed by atoms with Gasteiger partial charge in [-0.15, -0.1) is 0 Å². The van der Waals surface area contributed by atoms with E-state index in [0.29, 0.717) is 47.3 Å². The van der Waals surface area contributed by atoms with Gasteiger partial charge in [0.1, 0.15) is 0 Å². The van der Waals surface area contributed by atoms with Gasteiger partial charge in [0.15, 0.2) is 5.60 Å². The van der Waals surface area contributed by atoms with Gasteiger partial charge in [-0.2, -0.15) is 13.2 Å². The van der Waals surface area contributed by atoms with E-state index in [2.05, 4.69) is 27.7 Å². The minimum Gasteiger partial charge on any atom is -0.393 e. The zero-order chi connectivity index (χ0) is 24.2. The highest BCUT2D eigenvalue weighted by Gasteiger charge is 2.62. The average Bonchev–Trinajstić information content (AvgIpc) is 3.09. The Balaban J connectivity index is 1.39. The summed E-state index contributed by atoms with van der Waals surface area (Å²) in [7, 11) is 0. The second-order valence-electron chi connectivity index (χ2n) is 13.2. The summed E-state index contributed by atoms with van der Waals surface area (Å²) in [5.74, 6) is 4.10. The van der Waals surface area contributed by atoms with E-state index in [9.17, 15) is 23.4 Å². The maximum Gasteiger partial charge on any atom is 0.417 e. The minimum absolute atomic E-state index is 0.0412. The molecule has 0 bridgehead atoms. The summed E-state index contributed by atoms with van der Waals surface area (Å²) in [4.78, 5) is 0. The van der Waals surface area contributed by atoms with Crippen LogP contribution in [0, 0.1) is 52.8 Å². The monoisotopic (exact) mass is 472 g/mol. The summed E-state index contributed by atoms with van der Waals surface area (Å²) in [5.41, 5.74) is -2.09. The quantitative estimate of drug-likeness (QED) is 0.424. The Kier molecular flexibility index (Phi) is 7.27. The normalized spacial score (nSPS) is 45.3. The topological polar surface area (TPSA) is 40.5 Å². The van der Waals surface area contributed by atoms with E-state index in [1.54, 1.807) is 0 Å². The lowest BCUT2D eigenvalue weighted by Crippen LogP contribution is -2.55. The van der Waals surface area contributed by atoms with Crippen molar-refractivity contribution in [2.45, 2.75) is 123 Å². The van der Waals surface area contributed by atoms with E-state index >= 15 is 0 Å². The van der Waals surface area contributed by atoms with Gasteiger partial charge < -0.3 is 10.2 Å². The number of alkyl halides is 3. The van der Waals surface area contributed by atoms with Crippen molar-refractivity contribution in [3.8, 4) is 0 Å². The second-order valence-corrected chi connectivity index (χ2v) is 13.2. The first kappa shape index (κ1) is 25.8. The van der Waals surface area contributed by atoms with Crippen LogP contribution < -0.4 is 0 Å². The zero-order valence-corrected chi connectivity index (χ0v) is 21.2. The fourth-order valence-corrected chi connectivity index (χ4v) is 9.29. The van der Waals surface area contributed by atoms with Crippen molar-refractivity contribution in [2.75, 3.05) is 0 Å². The molecule has 192 valence electrons.